The highest BCUT2D eigenvalue weighted by atomic mass is 16.5. The van der Waals surface area contributed by atoms with E-state index in [1.807, 2.05) is 4.90 Å². The molecule has 0 bridgehead atoms. The van der Waals surface area contributed by atoms with Crippen molar-refractivity contribution in [2.45, 2.75) is 25.8 Å². The molecule has 2 fully saturated rings. The third kappa shape index (κ3) is 4.07. The molecule has 3 heterocycles. The Labute approximate surface area is 153 Å². The number of rotatable bonds is 7. The van der Waals surface area contributed by atoms with Crippen LogP contribution < -0.4 is 5.32 Å². The Morgan fingerprint density at radius 2 is 2.04 bits per heavy atom. The van der Waals surface area contributed by atoms with Gasteiger partial charge in [-0.3, -0.25) is 19.2 Å². The maximum absolute atomic E-state index is 12.6. The van der Waals surface area contributed by atoms with Gasteiger partial charge in [0.15, 0.2) is 5.69 Å². The van der Waals surface area contributed by atoms with E-state index in [-0.39, 0.29) is 11.8 Å². The van der Waals surface area contributed by atoms with Crippen molar-refractivity contribution in [3.63, 3.8) is 0 Å². The van der Waals surface area contributed by atoms with Crippen molar-refractivity contribution >= 4 is 11.8 Å². The second kappa shape index (κ2) is 7.75. The van der Waals surface area contributed by atoms with E-state index in [1.165, 1.54) is 12.8 Å². The van der Waals surface area contributed by atoms with E-state index in [2.05, 4.69) is 15.3 Å². The Hall–Kier alpha value is -1.93. The molecule has 0 spiro atoms. The minimum Gasteiger partial charge on any atom is -0.379 e. The predicted octanol–water partition coefficient (Wildman–Crippen LogP) is 0.201. The molecule has 1 aliphatic carbocycles. The Balaban J connectivity index is 1.26. The van der Waals surface area contributed by atoms with Gasteiger partial charge in [-0.05, 0) is 31.7 Å². The van der Waals surface area contributed by atoms with Crippen molar-refractivity contribution in [2.24, 2.45) is 5.92 Å². The maximum Gasteiger partial charge on any atom is 0.272 e. The predicted molar refractivity (Wildman–Crippen MR) is 95.1 cm³/mol. The van der Waals surface area contributed by atoms with Gasteiger partial charge in [-0.1, -0.05) is 0 Å². The summed E-state index contributed by atoms with van der Waals surface area (Å²) >= 11 is 0. The summed E-state index contributed by atoms with van der Waals surface area (Å²) in [6.07, 6.45) is 3.34. The average Bonchev–Trinajstić information content (AvgIpc) is 3.37. The van der Waals surface area contributed by atoms with E-state index in [1.54, 1.807) is 10.7 Å². The summed E-state index contributed by atoms with van der Waals surface area (Å²) in [6.45, 7) is 7.26. The summed E-state index contributed by atoms with van der Waals surface area (Å²) in [4.78, 5) is 29.2. The average molecular weight is 361 g/mol. The Morgan fingerprint density at radius 3 is 2.81 bits per heavy atom. The van der Waals surface area contributed by atoms with Crippen LogP contribution in [0, 0.1) is 5.92 Å². The SMILES string of the molecule is O=C(NCCCN1CCOCC1)c1cc2n(n1)CCN(CC1CC1)C2=O. The van der Waals surface area contributed by atoms with Gasteiger partial charge in [0.05, 0.1) is 19.8 Å². The molecule has 1 saturated heterocycles. The van der Waals surface area contributed by atoms with Gasteiger partial charge in [-0.15, -0.1) is 0 Å². The first kappa shape index (κ1) is 17.5. The molecule has 1 saturated carbocycles. The van der Waals surface area contributed by atoms with E-state index in [0.29, 0.717) is 36.9 Å². The van der Waals surface area contributed by atoms with E-state index in [0.717, 1.165) is 45.8 Å². The van der Waals surface area contributed by atoms with Crippen LogP contribution in [0.4, 0.5) is 0 Å². The number of aromatic nitrogens is 2. The first-order chi connectivity index (χ1) is 12.7. The molecule has 0 unspecified atom stereocenters. The number of morpholine rings is 1. The van der Waals surface area contributed by atoms with Crippen LogP contribution in [-0.2, 0) is 11.3 Å². The molecule has 1 aromatic rings. The molecule has 8 nitrogen and oxygen atoms in total. The van der Waals surface area contributed by atoms with Crippen LogP contribution in [0.5, 0.6) is 0 Å². The maximum atomic E-state index is 12.6. The number of hydrogen-bond acceptors (Lipinski definition) is 5. The number of ether oxygens (including phenoxy) is 1. The number of nitrogens with one attached hydrogen (secondary N) is 1. The molecule has 0 atom stereocenters. The molecule has 0 aromatic carbocycles. The monoisotopic (exact) mass is 361 g/mol. The molecular weight excluding hydrogens is 334 g/mol. The Bertz CT molecular complexity index is 664. The molecule has 0 radical (unpaired) electrons. The summed E-state index contributed by atoms with van der Waals surface area (Å²) in [5.41, 5.74) is 0.878. The zero-order valence-corrected chi connectivity index (χ0v) is 15.2. The summed E-state index contributed by atoms with van der Waals surface area (Å²) < 4.78 is 7.00. The lowest BCUT2D eigenvalue weighted by Crippen LogP contribution is -2.41. The molecular formula is C18H27N5O3. The summed E-state index contributed by atoms with van der Waals surface area (Å²) in [5, 5.41) is 7.25. The molecule has 2 amide bonds. The van der Waals surface area contributed by atoms with Gasteiger partial charge >= 0.3 is 0 Å². The molecule has 1 aromatic heterocycles. The molecule has 8 heteroatoms. The summed E-state index contributed by atoms with van der Waals surface area (Å²) in [5.74, 6) is 0.472. The zero-order chi connectivity index (χ0) is 17.9. The van der Waals surface area contributed by atoms with Crippen LogP contribution in [0.15, 0.2) is 6.07 Å². The molecule has 142 valence electrons. The van der Waals surface area contributed by atoms with Gasteiger partial charge in [-0.2, -0.15) is 5.10 Å². The van der Waals surface area contributed by atoms with Crippen LogP contribution in [-0.4, -0.2) is 83.9 Å². The third-order valence-corrected chi connectivity index (χ3v) is 5.32. The second-order valence-electron chi connectivity index (χ2n) is 7.40. The second-order valence-corrected chi connectivity index (χ2v) is 7.40. The number of carbonyl (C=O) groups is 2. The van der Waals surface area contributed by atoms with Crippen LogP contribution in [0.2, 0.25) is 0 Å². The number of hydrogen-bond donors (Lipinski definition) is 1. The largest absolute Gasteiger partial charge is 0.379 e. The smallest absolute Gasteiger partial charge is 0.272 e. The number of amides is 2. The summed E-state index contributed by atoms with van der Waals surface area (Å²) in [7, 11) is 0. The van der Waals surface area contributed by atoms with E-state index in [9.17, 15) is 9.59 Å². The van der Waals surface area contributed by atoms with Crippen molar-refractivity contribution in [3.8, 4) is 0 Å². The first-order valence-corrected chi connectivity index (χ1v) is 9.66. The lowest BCUT2D eigenvalue weighted by Gasteiger charge is -2.27. The van der Waals surface area contributed by atoms with Crippen molar-refractivity contribution < 1.29 is 14.3 Å². The van der Waals surface area contributed by atoms with Gasteiger partial charge in [-0.25, -0.2) is 0 Å². The lowest BCUT2D eigenvalue weighted by atomic mass is 10.2. The standard InChI is InChI=1S/C18H27N5O3/c24-17(19-4-1-5-21-8-10-26-11-9-21)15-12-16-18(25)22(13-14-2-3-14)6-7-23(16)20-15/h12,14H,1-11,13H2,(H,19,24). The van der Waals surface area contributed by atoms with E-state index >= 15 is 0 Å². The quantitative estimate of drug-likeness (QED) is 0.702. The van der Waals surface area contributed by atoms with Crippen LogP contribution in [0.3, 0.4) is 0 Å². The summed E-state index contributed by atoms with van der Waals surface area (Å²) in [6, 6.07) is 1.64. The number of carbonyl (C=O) groups excluding carboxylic acids is 2. The molecule has 3 aliphatic rings. The van der Waals surface area contributed by atoms with Crippen LogP contribution >= 0.6 is 0 Å². The minimum atomic E-state index is -0.199. The molecule has 2 aliphatic heterocycles. The number of fused-ring (bicyclic) bond motifs is 1. The van der Waals surface area contributed by atoms with Gasteiger partial charge < -0.3 is 15.0 Å². The highest BCUT2D eigenvalue weighted by Gasteiger charge is 2.32. The van der Waals surface area contributed by atoms with E-state index in [4.69, 9.17) is 4.74 Å². The lowest BCUT2D eigenvalue weighted by molar-refractivity contribution is 0.0374. The van der Waals surface area contributed by atoms with Gasteiger partial charge in [0.25, 0.3) is 11.8 Å². The van der Waals surface area contributed by atoms with Gasteiger partial charge in [0.2, 0.25) is 0 Å². The molecule has 1 N–H and O–H groups in total. The fourth-order valence-corrected chi connectivity index (χ4v) is 3.56. The highest BCUT2D eigenvalue weighted by molar-refractivity contribution is 5.98. The topological polar surface area (TPSA) is 79.7 Å². The molecule has 26 heavy (non-hydrogen) atoms. The fraction of sp³-hybridized carbons (Fsp3) is 0.722. The van der Waals surface area contributed by atoms with Gasteiger partial charge in [0.1, 0.15) is 5.69 Å². The normalized spacial score (nSPS) is 20.9. The van der Waals surface area contributed by atoms with Gasteiger partial charge in [0, 0.05) is 38.8 Å². The van der Waals surface area contributed by atoms with Crippen molar-refractivity contribution in [1.82, 2.24) is 24.9 Å². The van der Waals surface area contributed by atoms with E-state index < -0.39 is 0 Å². The Morgan fingerprint density at radius 1 is 1.23 bits per heavy atom. The zero-order valence-electron chi connectivity index (χ0n) is 15.2. The van der Waals surface area contributed by atoms with Crippen molar-refractivity contribution in [1.29, 1.82) is 0 Å². The minimum absolute atomic E-state index is 0.00187. The Kier molecular flexibility index (Phi) is 5.21. The number of nitrogens with zero attached hydrogens (tertiary/aromatic N) is 4. The molecule has 4 rings (SSSR count). The fourth-order valence-electron chi connectivity index (χ4n) is 3.56. The van der Waals surface area contributed by atoms with Crippen LogP contribution in [0.1, 0.15) is 40.2 Å². The van der Waals surface area contributed by atoms with Crippen LogP contribution in [0.25, 0.3) is 0 Å². The highest BCUT2D eigenvalue weighted by Crippen LogP contribution is 2.30. The first-order valence-electron chi connectivity index (χ1n) is 9.66. The third-order valence-electron chi connectivity index (χ3n) is 5.32. The van der Waals surface area contributed by atoms with Crippen molar-refractivity contribution in [3.05, 3.63) is 17.5 Å². The van der Waals surface area contributed by atoms with Crippen molar-refractivity contribution in [2.75, 3.05) is 52.5 Å².